The van der Waals surface area contributed by atoms with E-state index in [0.29, 0.717) is 19.0 Å². The molecule has 0 radical (unpaired) electrons. The van der Waals surface area contributed by atoms with Crippen molar-refractivity contribution in [2.45, 2.75) is 51.4 Å². The quantitative estimate of drug-likeness (QED) is 0.733. The number of piperidine rings is 1. The Hall–Kier alpha value is -2.90. The fourth-order valence-corrected chi connectivity index (χ4v) is 3.85. The summed E-state index contributed by atoms with van der Waals surface area (Å²) in [6.07, 6.45) is 7.25. The molecule has 1 amide bonds. The fourth-order valence-electron chi connectivity index (χ4n) is 3.85. The summed E-state index contributed by atoms with van der Waals surface area (Å²) in [5, 5.41) is 8.05. The summed E-state index contributed by atoms with van der Waals surface area (Å²) in [5.74, 6) is 0.639. The molecule has 0 bridgehead atoms. The number of aliphatic imine (C=N–C) groups is 1. The number of aromatic nitrogens is 3. The van der Waals surface area contributed by atoms with Crippen LogP contribution < -0.4 is 5.32 Å². The molecule has 154 valence electrons. The zero-order valence-electron chi connectivity index (χ0n) is 16.9. The molecule has 2 aromatic rings. The van der Waals surface area contributed by atoms with Gasteiger partial charge in [0, 0.05) is 48.7 Å². The number of alkyl halides is 1. The number of hydrogen-bond acceptors (Lipinski definition) is 4. The van der Waals surface area contributed by atoms with E-state index in [2.05, 4.69) is 27.1 Å². The van der Waals surface area contributed by atoms with E-state index in [0.717, 1.165) is 41.1 Å². The highest BCUT2D eigenvalue weighted by Gasteiger charge is 2.32. The summed E-state index contributed by atoms with van der Waals surface area (Å²) in [5.41, 5.74) is 3.93. The van der Waals surface area contributed by atoms with Crippen molar-refractivity contribution in [3.8, 4) is 0 Å². The lowest BCUT2D eigenvalue weighted by molar-refractivity contribution is -0.131. The lowest BCUT2D eigenvalue weighted by Crippen LogP contribution is -2.44. The minimum atomic E-state index is -1.13. The van der Waals surface area contributed by atoms with E-state index in [-0.39, 0.29) is 18.5 Å². The Morgan fingerprint density at radius 3 is 2.83 bits per heavy atom. The normalized spacial score (nSPS) is 22.9. The van der Waals surface area contributed by atoms with Crippen molar-refractivity contribution in [1.29, 1.82) is 0 Å². The molecule has 1 saturated heterocycles. The standard InChI is InChI=1S/C21H27FN6O/c1-13(20(26-16-4-5-16)17-6-8-24-21(17)23-3)15-10-25-28(11-15)19-7-9-27(14(2)29)12-18(19)22/h6,8,10-11,16,18-19,24,26H,3-5,7,9,12H2,1-2H3/b20-13-/t18-,19-/m0/s1. The Balaban J connectivity index is 1.61. The smallest absolute Gasteiger partial charge is 0.219 e. The van der Waals surface area contributed by atoms with Gasteiger partial charge >= 0.3 is 0 Å². The third kappa shape index (κ3) is 3.97. The van der Waals surface area contributed by atoms with E-state index in [1.807, 2.05) is 25.4 Å². The maximum Gasteiger partial charge on any atom is 0.219 e. The summed E-state index contributed by atoms with van der Waals surface area (Å²) in [4.78, 5) is 20.3. The maximum absolute atomic E-state index is 14.7. The van der Waals surface area contributed by atoms with Gasteiger partial charge in [0.15, 0.2) is 0 Å². The average Bonchev–Trinajstić information content (AvgIpc) is 3.19. The number of carbonyl (C=O) groups excluding carboxylic acids is 1. The Labute approximate surface area is 169 Å². The Morgan fingerprint density at radius 2 is 2.17 bits per heavy atom. The van der Waals surface area contributed by atoms with Gasteiger partial charge in [0.05, 0.1) is 18.8 Å². The van der Waals surface area contributed by atoms with Crippen molar-refractivity contribution in [3.63, 3.8) is 0 Å². The first kappa shape index (κ1) is 19.4. The van der Waals surface area contributed by atoms with Crippen molar-refractivity contribution in [2.75, 3.05) is 13.1 Å². The molecule has 1 aliphatic heterocycles. The lowest BCUT2D eigenvalue weighted by atomic mass is 10.0. The minimum absolute atomic E-state index is 0.0834. The van der Waals surface area contributed by atoms with E-state index in [1.165, 1.54) is 6.92 Å². The molecule has 0 unspecified atom stereocenters. The van der Waals surface area contributed by atoms with Crippen LogP contribution in [0.25, 0.3) is 11.3 Å². The number of likely N-dealkylation sites (tertiary alicyclic amines) is 1. The second-order valence-electron chi connectivity index (χ2n) is 7.86. The van der Waals surface area contributed by atoms with Crippen LogP contribution in [-0.2, 0) is 4.79 Å². The number of rotatable bonds is 6. The van der Waals surface area contributed by atoms with Gasteiger partial charge in [-0.2, -0.15) is 5.10 Å². The number of halogens is 1. The lowest BCUT2D eigenvalue weighted by Gasteiger charge is -2.34. The highest BCUT2D eigenvalue weighted by atomic mass is 19.1. The summed E-state index contributed by atoms with van der Waals surface area (Å²) in [7, 11) is 0. The predicted octanol–water partition coefficient (Wildman–Crippen LogP) is 3.31. The molecule has 8 heteroatoms. The molecule has 1 aliphatic carbocycles. The number of carbonyl (C=O) groups is 1. The van der Waals surface area contributed by atoms with E-state index in [1.54, 1.807) is 15.8 Å². The number of hydrogen-bond donors (Lipinski definition) is 2. The van der Waals surface area contributed by atoms with Gasteiger partial charge in [-0.05, 0) is 44.5 Å². The molecule has 4 rings (SSSR count). The number of nitrogens with zero attached hydrogens (tertiary/aromatic N) is 4. The summed E-state index contributed by atoms with van der Waals surface area (Å²) < 4.78 is 16.4. The van der Waals surface area contributed by atoms with Crippen LogP contribution in [-0.4, -0.2) is 57.6 Å². The second kappa shape index (κ2) is 7.85. The predicted molar refractivity (Wildman–Crippen MR) is 112 cm³/mol. The van der Waals surface area contributed by atoms with Crippen LogP contribution in [0.5, 0.6) is 0 Å². The van der Waals surface area contributed by atoms with Gasteiger partial charge in [-0.25, -0.2) is 9.38 Å². The average molecular weight is 398 g/mol. The highest BCUT2D eigenvalue weighted by molar-refractivity contribution is 5.91. The van der Waals surface area contributed by atoms with E-state index < -0.39 is 6.17 Å². The molecule has 1 saturated carbocycles. The second-order valence-corrected chi connectivity index (χ2v) is 7.86. The van der Waals surface area contributed by atoms with Crippen LogP contribution in [0.4, 0.5) is 10.2 Å². The third-order valence-corrected chi connectivity index (χ3v) is 5.78. The number of H-pyrrole nitrogens is 1. The number of allylic oxidation sites excluding steroid dienone is 1. The Kier molecular flexibility index (Phi) is 5.25. The summed E-state index contributed by atoms with van der Waals surface area (Å²) in [6, 6.07) is 2.09. The first-order valence-electron chi connectivity index (χ1n) is 10.0. The van der Waals surface area contributed by atoms with Crippen LogP contribution in [0, 0.1) is 0 Å². The van der Waals surface area contributed by atoms with Crippen LogP contribution in [0.3, 0.4) is 0 Å². The third-order valence-electron chi connectivity index (χ3n) is 5.78. The maximum atomic E-state index is 14.7. The van der Waals surface area contributed by atoms with Gasteiger partial charge in [0.1, 0.15) is 12.0 Å². The fraction of sp³-hybridized carbons (Fsp3) is 0.476. The molecule has 2 fully saturated rings. The van der Waals surface area contributed by atoms with Crippen LogP contribution >= 0.6 is 0 Å². The van der Waals surface area contributed by atoms with Crippen molar-refractivity contribution >= 4 is 29.7 Å². The van der Waals surface area contributed by atoms with E-state index in [4.69, 9.17) is 0 Å². The molecule has 0 aromatic carbocycles. The molecule has 29 heavy (non-hydrogen) atoms. The van der Waals surface area contributed by atoms with Crippen LogP contribution in [0.15, 0.2) is 29.6 Å². The Morgan fingerprint density at radius 1 is 1.38 bits per heavy atom. The molecular formula is C21H27FN6O. The molecule has 3 heterocycles. The Bertz CT molecular complexity index is 941. The van der Waals surface area contributed by atoms with Crippen molar-refractivity contribution in [3.05, 3.63) is 35.8 Å². The zero-order valence-corrected chi connectivity index (χ0v) is 16.9. The molecule has 7 nitrogen and oxygen atoms in total. The molecule has 0 spiro atoms. The summed E-state index contributed by atoms with van der Waals surface area (Å²) in [6.45, 7) is 7.84. The van der Waals surface area contributed by atoms with Gasteiger partial charge in [0.2, 0.25) is 5.91 Å². The molecule has 2 aromatic heterocycles. The SMILES string of the molecule is C=Nc1[nH]ccc1/C(NC1CC1)=C(\C)c1cnn([C@H]2CCN(C(C)=O)C[C@@H]2F)c1. The summed E-state index contributed by atoms with van der Waals surface area (Å²) >= 11 is 0. The number of amides is 1. The molecule has 2 atom stereocenters. The number of aromatic amines is 1. The van der Waals surface area contributed by atoms with E-state index >= 15 is 0 Å². The first-order valence-corrected chi connectivity index (χ1v) is 10.0. The molecule has 2 N–H and O–H groups in total. The van der Waals surface area contributed by atoms with Gasteiger partial charge in [-0.3, -0.25) is 9.48 Å². The van der Waals surface area contributed by atoms with Gasteiger partial charge < -0.3 is 15.2 Å². The topological polar surface area (TPSA) is 78.3 Å². The zero-order chi connectivity index (χ0) is 20.5. The molecule has 2 aliphatic rings. The van der Waals surface area contributed by atoms with Crippen LogP contribution in [0.2, 0.25) is 0 Å². The van der Waals surface area contributed by atoms with Crippen molar-refractivity contribution in [2.24, 2.45) is 4.99 Å². The molecular weight excluding hydrogens is 371 g/mol. The first-order chi connectivity index (χ1) is 14.0. The highest BCUT2D eigenvalue weighted by Crippen LogP contribution is 2.34. The minimum Gasteiger partial charge on any atom is -0.381 e. The largest absolute Gasteiger partial charge is 0.381 e. The van der Waals surface area contributed by atoms with E-state index in [9.17, 15) is 9.18 Å². The van der Waals surface area contributed by atoms with Gasteiger partial charge in [0.25, 0.3) is 0 Å². The monoisotopic (exact) mass is 398 g/mol. The van der Waals surface area contributed by atoms with Crippen molar-refractivity contribution < 1.29 is 9.18 Å². The van der Waals surface area contributed by atoms with Crippen LogP contribution in [0.1, 0.15) is 50.3 Å². The number of nitrogens with one attached hydrogen (secondary N) is 2. The van der Waals surface area contributed by atoms with Gasteiger partial charge in [-0.15, -0.1) is 0 Å². The van der Waals surface area contributed by atoms with Gasteiger partial charge in [-0.1, -0.05) is 0 Å². The van der Waals surface area contributed by atoms with Crippen molar-refractivity contribution in [1.82, 2.24) is 25.0 Å².